The minimum Gasteiger partial charge on any atom is -0.452 e. The maximum Gasteiger partial charge on any atom is 0.338 e. The molecular weight excluding hydrogens is 438 g/mol. The Bertz CT molecular complexity index is 1170. The summed E-state index contributed by atoms with van der Waals surface area (Å²) in [6, 6.07) is 6.34. The first-order chi connectivity index (χ1) is 14.7. The van der Waals surface area contributed by atoms with E-state index in [2.05, 4.69) is 20.8 Å². The number of carbonyl (C=O) groups is 2. The van der Waals surface area contributed by atoms with Crippen LogP contribution < -0.4 is 5.32 Å². The minimum absolute atomic E-state index is 0.0322. The Morgan fingerprint density at radius 3 is 2.65 bits per heavy atom. The van der Waals surface area contributed by atoms with Crippen molar-refractivity contribution in [2.75, 3.05) is 11.9 Å². The van der Waals surface area contributed by atoms with Crippen LogP contribution in [-0.2, 0) is 16.6 Å². The van der Waals surface area contributed by atoms with Crippen molar-refractivity contribution in [3.05, 3.63) is 63.7 Å². The van der Waals surface area contributed by atoms with Crippen LogP contribution in [0.1, 0.15) is 10.4 Å². The molecule has 2 aromatic carbocycles. The number of anilines is 1. The maximum atomic E-state index is 13.2. The number of esters is 1. The predicted molar refractivity (Wildman–Crippen MR) is 101 cm³/mol. The number of carbonyl (C=O) groups excluding carboxylic acids is 2. The lowest BCUT2D eigenvalue weighted by atomic mass is 10.2. The van der Waals surface area contributed by atoms with Crippen molar-refractivity contribution in [1.82, 2.24) is 20.2 Å². The molecule has 0 aliphatic heterocycles. The van der Waals surface area contributed by atoms with Gasteiger partial charge in [-0.3, -0.25) is 14.9 Å². The van der Waals surface area contributed by atoms with Gasteiger partial charge in [-0.2, -0.15) is 0 Å². The molecule has 11 nitrogen and oxygen atoms in total. The Hall–Kier alpha value is -3.94. The first-order valence-electron chi connectivity index (χ1n) is 8.35. The summed E-state index contributed by atoms with van der Waals surface area (Å²) < 4.78 is 32.2. The summed E-state index contributed by atoms with van der Waals surface area (Å²) in [6.45, 7) is -0.743. The van der Waals surface area contributed by atoms with Crippen LogP contribution in [0.2, 0.25) is 0 Å². The molecule has 0 aliphatic rings. The maximum absolute atomic E-state index is 13.2. The number of amides is 1. The molecule has 160 valence electrons. The summed E-state index contributed by atoms with van der Waals surface area (Å²) in [6.07, 6.45) is 0. The highest BCUT2D eigenvalue weighted by Gasteiger charge is 2.21. The van der Waals surface area contributed by atoms with Crippen LogP contribution in [-0.4, -0.2) is 43.6 Å². The van der Waals surface area contributed by atoms with E-state index in [1.165, 1.54) is 16.8 Å². The van der Waals surface area contributed by atoms with Gasteiger partial charge in [-0.1, -0.05) is 0 Å². The van der Waals surface area contributed by atoms with Crippen LogP contribution in [0, 0.1) is 21.7 Å². The number of aryl methyl sites for hydroxylation is 1. The summed E-state index contributed by atoms with van der Waals surface area (Å²) in [5, 5.41) is 24.7. The van der Waals surface area contributed by atoms with Gasteiger partial charge in [-0.15, -0.1) is 5.10 Å². The van der Waals surface area contributed by atoms with E-state index in [1.54, 1.807) is 7.05 Å². The van der Waals surface area contributed by atoms with Crippen LogP contribution >= 0.6 is 11.8 Å². The molecule has 0 saturated carbocycles. The lowest BCUT2D eigenvalue weighted by Gasteiger charge is -2.08. The standard InChI is InChI=1S/C17H12F2N6O5S/c1-24-17(21-22-23-24)31-14-5-2-9(6-13(14)25(28)29)16(27)30-8-15(26)20-10-3-4-11(18)12(19)7-10/h2-7H,8H2,1H3,(H,20,26). The van der Waals surface area contributed by atoms with Gasteiger partial charge in [0, 0.05) is 24.9 Å². The molecular formula is C17H12F2N6O5S. The molecule has 0 saturated heterocycles. The highest BCUT2D eigenvalue weighted by molar-refractivity contribution is 7.99. The number of nitrogens with one attached hydrogen (secondary N) is 1. The number of tetrazole rings is 1. The van der Waals surface area contributed by atoms with Crippen LogP contribution in [0.15, 0.2) is 46.5 Å². The first kappa shape index (κ1) is 21.8. The number of nitro benzene ring substituents is 1. The van der Waals surface area contributed by atoms with Gasteiger partial charge in [0.05, 0.1) is 15.4 Å². The second-order valence-electron chi connectivity index (χ2n) is 5.88. The number of nitrogens with zero attached hydrogens (tertiary/aromatic N) is 5. The zero-order valence-electron chi connectivity index (χ0n) is 15.6. The van der Waals surface area contributed by atoms with Crippen LogP contribution in [0.3, 0.4) is 0 Å². The summed E-state index contributed by atoms with van der Waals surface area (Å²) in [4.78, 5) is 34.9. The molecule has 1 aromatic heterocycles. The number of ether oxygens (including phenoxy) is 1. The zero-order chi connectivity index (χ0) is 22.5. The number of rotatable bonds is 7. The molecule has 0 spiro atoms. The number of halogens is 2. The first-order valence-corrected chi connectivity index (χ1v) is 9.17. The summed E-state index contributed by atoms with van der Waals surface area (Å²) in [5.74, 6) is -4.03. The normalized spacial score (nSPS) is 10.5. The van der Waals surface area contributed by atoms with E-state index in [0.717, 1.165) is 36.0 Å². The van der Waals surface area contributed by atoms with Crippen LogP contribution in [0.25, 0.3) is 0 Å². The van der Waals surface area contributed by atoms with Crippen molar-refractivity contribution in [1.29, 1.82) is 0 Å². The predicted octanol–water partition coefficient (Wildman–Crippen LogP) is 2.34. The summed E-state index contributed by atoms with van der Waals surface area (Å²) in [5.41, 5.74) is -0.573. The van der Waals surface area contributed by atoms with E-state index in [0.29, 0.717) is 5.16 Å². The van der Waals surface area contributed by atoms with Gasteiger partial charge in [-0.05, 0) is 46.5 Å². The molecule has 0 bridgehead atoms. The Morgan fingerprint density at radius 2 is 2.00 bits per heavy atom. The highest BCUT2D eigenvalue weighted by atomic mass is 32.2. The van der Waals surface area contributed by atoms with Gasteiger partial charge in [0.15, 0.2) is 18.2 Å². The topological polar surface area (TPSA) is 142 Å². The van der Waals surface area contributed by atoms with Gasteiger partial charge in [0.1, 0.15) is 0 Å². The SMILES string of the molecule is Cn1nnnc1Sc1ccc(C(=O)OCC(=O)Nc2ccc(F)c(F)c2)cc1[N+](=O)[O-]. The number of aromatic nitrogens is 4. The van der Waals surface area contributed by atoms with Crippen molar-refractivity contribution in [2.24, 2.45) is 7.05 Å². The Kier molecular flexibility index (Phi) is 6.49. The zero-order valence-corrected chi connectivity index (χ0v) is 16.4. The van der Waals surface area contributed by atoms with Crippen molar-refractivity contribution in [3.8, 4) is 0 Å². The fourth-order valence-corrected chi connectivity index (χ4v) is 3.08. The quantitative estimate of drug-likeness (QED) is 0.326. The van der Waals surface area contributed by atoms with Gasteiger partial charge in [-0.25, -0.2) is 18.3 Å². The number of hydrogen-bond donors (Lipinski definition) is 1. The molecule has 3 rings (SSSR count). The molecule has 0 unspecified atom stereocenters. The molecule has 1 heterocycles. The molecule has 0 fully saturated rings. The molecule has 0 aliphatic carbocycles. The third-order valence-corrected chi connectivity index (χ3v) is 4.81. The highest BCUT2D eigenvalue weighted by Crippen LogP contribution is 2.34. The van der Waals surface area contributed by atoms with E-state index in [-0.39, 0.29) is 21.8 Å². The fraction of sp³-hybridized carbons (Fsp3) is 0.118. The lowest BCUT2D eigenvalue weighted by molar-refractivity contribution is -0.387. The van der Waals surface area contributed by atoms with E-state index in [9.17, 15) is 28.5 Å². The number of benzene rings is 2. The molecule has 31 heavy (non-hydrogen) atoms. The molecule has 1 amide bonds. The molecule has 14 heteroatoms. The van der Waals surface area contributed by atoms with Gasteiger partial charge in [0.2, 0.25) is 5.16 Å². The molecule has 0 radical (unpaired) electrons. The molecule has 0 atom stereocenters. The van der Waals surface area contributed by atoms with Gasteiger partial charge < -0.3 is 10.1 Å². The molecule has 3 aromatic rings. The smallest absolute Gasteiger partial charge is 0.338 e. The second kappa shape index (κ2) is 9.25. The van der Waals surface area contributed by atoms with Crippen LogP contribution in [0.5, 0.6) is 0 Å². The largest absolute Gasteiger partial charge is 0.452 e. The Morgan fingerprint density at radius 1 is 1.23 bits per heavy atom. The van der Waals surface area contributed by atoms with Crippen molar-refractivity contribution >= 4 is 35.0 Å². The third kappa shape index (κ3) is 5.36. The van der Waals surface area contributed by atoms with E-state index >= 15 is 0 Å². The fourth-order valence-electron chi connectivity index (χ4n) is 2.26. The Labute approximate surface area is 176 Å². The van der Waals surface area contributed by atoms with Gasteiger partial charge in [0.25, 0.3) is 11.6 Å². The van der Waals surface area contributed by atoms with Crippen molar-refractivity contribution in [2.45, 2.75) is 10.1 Å². The van der Waals surface area contributed by atoms with Crippen molar-refractivity contribution in [3.63, 3.8) is 0 Å². The van der Waals surface area contributed by atoms with E-state index in [1.807, 2.05) is 0 Å². The monoisotopic (exact) mass is 450 g/mol. The number of nitro groups is 1. The number of hydrogen-bond acceptors (Lipinski definition) is 9. The van der Waals surface area contributed by atoms with E-state index in [4.69, 9.17) is 4.74 Å². The molecule has 1 N–H and O–H groups in total. The van der Waals surface area contributed by atoms with Crippen LogP contribution in [0.4, 0.5) is 20.2 Å². The Balaban J connectivity index is 1.66. The van der Waals surface area contributed by atoms with Crippen molar-refractivity contribution < 1.29 is 28.0 Å². The second-order valence-corrected chi connectivity index (χ2v) is 6.89. The van der Waals surface area contributed by atoms with Gasteiger partial charge >= 0.3 is 5.97 Å². The minimum atomic E-state index is -1.16. The average molecular weight is 450 g/mol. The third-order valence-electron chi connectivity index (χ3n) is 3.71. The van der Waals surface area contributed by atoms with E-state index < -0.39 is 35.0 Å². The average Bonchev–Trinajstić information content (AvgIpc) is 3.13. The summed E-state index contributed by atoms with van der Waals surface area (Å²) >= 11 is 0.930. The lowest BCUT2D eigenvalue weighted by Crippen LogP contribution is -2.21. The summed E-state index contributed by atoms with van der Waals surface area (Å²) in [7, 11) is 1.56.